The van der Waals surface area contributed by atoms with E-state index >= 15 is 0 Å². The second kappa shape index (κ2) is 6.86. The number of carbonyl (C=O) groups is 3. The Labute approximate surface area is 155 Å². The lowest BCUT2D eigenvalue weighted by Gasteiger charge is -2.28. The Morgan fingerprint density at radius 2 is 1.63 bits per heavy atom. The topological polar surface area (TPSA) is 116 Å². The van der Waals surface area contributed by atoms with Crippen LogP contribution in [0.1, 0.15) is 34.6 Å². The molecule has 0 unspecified atom stereocenters. The lowest BCUT2D eigenvalue weighted by molar-refractivity contribution is -0.338. The molecule has 0 spiro atoms. The van der Waals surface area contributed by atoms with Crippen molar-refractivity contribution in [1.82, 2.24) is 0 Å². The van der Waals surface area contributed by atoms with Gasteiger partial charge in [0.05, 0.1) is 0 Å². The highest BCUT2D eigenvalue weighted by Crippen LogP contribution is 2.49. The van der Waals surface area contributed by atoms with Gasteiger partial charge in [0.25, 0.3) is 0 Å². The normalized spacial score (nSPS) is 39.8. The fourth-order valence-corrected chi connectivity index (χ4v) is 3.46. The highest BCUT2D eigenvalue weighted by molar-refractivity contribution is 5.68. The van der Waals surface area contributed by atoms with Crippen molar-refractivity contribution in [2.24, 2.45) is 0 Å². The van der Waals surface area contributed by atoms with E-state index in [9.17, 15) is 14.4 Å². The van der Waals surface area contributed by atoms with Gasteiger partial charge in [-0.05, 0) is 19.9 Å². The van der Waals surface area contributed by atoms with Gasteiger partial charge in [-0.2, -0.15) is 9.78 Å². The average molecular weight is 386 g/mol. The first kappa shape index (κ1) is 19.7. The van der Waals surface area contributed by atoms with Crippen molar-refractivity contribution in [2.75, 3.05) is 6.61 Å². The lowest BCUT2D eigenvalue weighted by Crippen LogP contribution is -2.44. The quantitative estimate of drug-likeness (QED) is 0.287. The van der Waals surface area contributed by atoms with E-state index in [1.807, 2.05) is 0 Å². The van der Waals surface area contributed by atoms with Crippen molar-refractivity contribution in [3.8, 4) is 0 Å². The van der Waals surface area contributed by atoms with Crippen molar-refractivity contribution in [2.45, 2.75) is 70.6 Å². The van der Waals surface area contributed by atoms with E-state index in [1.54, 1.807) is 19.9 Å². The van der Waals surface area contributed by atoms with Crippen LogP contribution >= 0.6 is 0 Å². The maximum atomic E-state index is 11.7. The first-order valence-electron chi connectivity index (χ1n) is 8.46. The van der Waals surface area contributed by atoms with E-state index in [2.05, 4.69) is 0 Å². The first-order chi connectivity index (χ1) is 12.5. The Hall–Kier alpha value is -2.01. The zero-order chi connectivity index (χ0) is 20.0. The summed E-state index contributed by atoms with van der Waals surface area (Å²) in [6.07, 6.45) is -1.99. The number of hydrogen-bond acceptors (Lipinski definition) is 10. The third kappa shape index (κ3) is 3.84. The molecule has 0 aromatic heterocycles. The van der Waals surface area contributed by atoms with Crippen molar-refractivity contribution < 1.29 is 47.8 Å². The van der Waals surface area contributed by atoms with Gasteiger partial charge in [0.2, 0.25) is 11.6 Å². The molecule has 0 saturated carbocycles. The van der Waals surface area contributed by atoms with E-state index in [-0.39, 0.29) is 6.61 Å². The summed E-state index contributed by atoms with van der Waals surface area (Å²) in [5.41, 5.74) is 0.518. The number of carbonyl (C=O) groups excluding carboxylic acids is 3. The van der Waals surface area contributed by atoms with Gasteiger partial charge in [-0.25, -0.2) is 0 Å². The lowest BCUT2D eigenvalue weighted by atomic mass is 9.95. The minimum Gasteiger partial charge on any atom is -0.463 e. The van der Waals surface area contributed by atoms with Crippen LogP contribution in [0.4, 0.5) is 0 Å². The van der Waals surface area contributed by atoms with Crippen molar-refractivity contribution in [1.29, 1.82) is 0 Å². The molecule has 10 heteroatoms. The monoisotopic (exact) mass is 386 g/mol. The minimum atomic E-state index is -1.26. The molecule has 2 saturated heterocycles. The number of esters is 3. The molecule has 10 nitrogen and oxygen atoms in total. The summed E-state index contributed by atoms with van der Waals surface area (Å²) < 4.78 is 27.4. The van der Waals surface area contributed by atoms with Crippen LogP contribution in [0.3, 0.4) is 0 Å². The molecule has 150 valence electrons. The van der Waals surface area contributed by atoms with Gasteiger partial charge in [-0.15, -0.1) is 0 Å². The van der Waals surface area contributed by atoms with Crippen LogP contribution in [-0.2, 0) is 47.8 Å². The van der Waals surface area contributed by atoms with E-state index in [0.717, 1.165) is 0 Å². The Kier molecular flexibility index (Phi) is 5.02. The molecule has 27 heavy (non-hydrogen) atoms. The smallest absolute Gasteiger partial charge is 0.303 e. The summed E-state index contributed by atoms with van der Waals surface area (Å²) >= 11 is 0. The van der Waals surface area contributed by atoms with Gasteiger partial charge in [0.1, 0.15) is 18.8 Å². The summed E-state index contributed by atoms with van der Waals surface area (Å²) in [6, 6.07) is 0. The molecule has 6 atom stereocenters. The SMILES string of the molecule is CC(=O)OC[C@H]1O[C@@H](C2=C[C@]3(C)OO[C@@]2(C)O3)[C@H](OC(C)=O)[C@@H]1OC(C)=O. The zero-order valence-electron chi connectivity index (χ0n) is 15.7. The second-order valence-electron chi connectivity index (χ2n) is 6.88. The summed E-state index contributed by atoms with van der Waals surface area (Å²) in [7, 11) is 0. The maximum Gasteiger partial charge on any atom is 0.303 e. The molecule has 2 fully saturated rings. The van der Waals surface area contributed by atoms with Crippen LogP contribution in [0.15, 0.2) is 11.6 Å². The molecule has 3 rings (SSSR count). The van der Waals surface area contributed by atoms with Gasteiger partial charge in [-0.1, -0.05) is 0 Å². The number of hydrogen-bond donors (Lipinski definition) is 0. The van der Waals surface area contributed by atoms with Crippen molar-refractivity contribution in [3.05, 3.63) is 11.6 Å². The standard InChI is InChI=1S/C17H22O10/c1-8(18)21-7-12-14(22-9(2)19)15(23-10(3)20)13(24-12)11-6-16(4)25-17(11,5)27-26-16/h6,12-15H,7H2,1-5H3/t12-,13+,14-,15+,16+,17-/m1/s1. The van der Waals surface area contributed by atoms with Crippen LogP contribution in [-0.4, -0.2) is 60.5 Å². The molecule has 0 radical (unpaired) electrons. The molecule has 0 N–H and O–H groups in total. The summed E-state index contributed by atoms with van der Waals surface area (Å²) in [5.74, 6) is -4.07. The van der Waals surface area contributed by atoms with Gasteiger partial charge < -0.3 is 23.7 Å². The predicted octanol–water partition coefficient (Wildman–Crippen LogP) is 0.531. The average Bonchev–Trinajstić information content (AvgIpc) is 3.11. The van der Waals surface area contributed by atoms with Crippen LogP contribution in [0, 0.1) is 0 Å². The molecule has 3 aliphatic heterocycles. The maximum absolute atomic E-state index is 11.7. The van der Waals surface area contributed by atoms with Gasteiger partial charge in [0.15, 0.2) is 12.2 Å². The number of rotatable bonds is 5. The van der Waals surface area contributed by atoms with Gasteiger partial charge >= 0.3 is 17.9 Å². The molecule has 3 aliphatic rings. The minimum absolute atomic E-state index is 0.180. The highest BCUT2D eigenvalue weighted by Gasteiger charge is 2.62. The third-order valence-corrected chi connectivity index (χ3v) is 4.38. The van der Waals surface area contributed by atoms with E-state index in [1.165, 1.54) is 20.8 Å². The fourth-order valence-electron chi connectivity index (χ4n) is 3.46. The van der Waals surface area contributed by atoms with Crippen LogP contribution in [0.2, 0.25) is 0 Å². The summed E-state index contributed by atoms with van der Waals surface area (Å²) in [5, 5.41) is 0. The van der Waals surface area contributed by atoms with Crippen LogP contribution < -0.4 is 0 Å². The van der Waals surface area contributed by atoms with Crippen LogP contribution in [0.5, 0.6) is 0 Å². The second-order valence-corrected chi connectivity index (χ2v) is 6.88. The summed E-state index contributed by atoms with van der Waals surface area (Å²) in [4.78, 5) is 44.8. The third-order valence-electron chi connectivity index (χ3n) is 4.38. The fraction of sp³-hybridized carbons (Fsp3) is 0.706. The van der Waals surface area contributed by atoms with Gasteiger partial charge in [-0.3, -0.25) is 14.4 Å². The largest absolute Gasteiger partial charge is 0.463 e. The van der Waals surface area contributed by atoms with Crippen molar-refractivity contribution in [3.63, 3.8) is 0 Å². The highest BCUT2D eigenvalue weighted by atomic mass is 17.3. The summed E-state index contributed by atoms with van der Waals surface area (Å²) in [6.45, 7) is 6.81. The number of ether oxygens (including phenoxy) is 5. The number of fused-ring (bicyclic) bond motifs is 2. The Balaban J connectivity index is 1.92. The van der Waals surface area contributed by atoms with Gasteiger partial charge in [0, 0.05) is 26.3 Å². The molecule has 0 aromatic carbocycles. The predicted molar refractivity (Wildman–Crippen MR) is 84.6 cm³/mol. The first-order valence-corrected chi connectivity index (χ1v) is 8.46. The van der Waals surface area contributed by atoms with E-state index in [4.69, 9.17) is 33.5 Å². The zero-order valence-corrected chi connectivity index (χ0v) is 15.7. The molecular weight excluding hydrogens is 364 g/mol. The Morgan fingerprint density at radius 1 is 1.00 bits per heavy atom. The molecule has 0 amide bonds. The van der Waals surface area contributed by atoms with E-state index < -0.39 is 53.9 Å². The van der Waals surface area contributed by atoms with Crippen molar-refractivity contribution >= 4 is 17.9 Å². The molecule has 2 bridgehead atoms. The van der Waals surface area contributed by atoms with E-state index in [0.29, 0.717) is 5.57 Å². The Morgan fingerprint density at radius 3 is 2.11 bits per heavy atom. The molecule has 0 aromatic rings. The molecular formula is C17H22O10. The van der Waals surface area contributed by atoms with Crippen LogP contribution in [0.25, 0.3) is 0 Å². The Bertz CT molecular complexity index is 687. The molecule has 0 aliphatic carbocycles. The molecule has 3 heterocycles.